The van der Waals surface area contributed by atoms with Crippen molar-refractivity contribution in [3.8, 4) is 0 Å². The molecule has 3 nitrogen and oxygen atoms in total. The molecule has 1 aromatic heterocycles. The van der Waals surface area contributed by atoms with E-state index in [1.807, 2.05) is 12.1 Å². The Morgan fingerprint density at radius 2 is 1.88 bits per heavy atom. The van der Waals surface area contributed by atoms with Gasteiger partial charge >= 0.3 is 5.63 Å². The highest BCUT2D eigenvalue weighted by atomic mass is 16.4. The third-order valence-corrected chi connectivity index (χ3v) is 4.56. The summed E-state index contributed by atoms with van der Waals surface area (Å²) >= 11 is 0. The van der Waals surface area contributed by atoms with E-state index in [2.05, 4.69) is 55.6 Å². The predicted molar refractivity (Wildman–Crippen MR) is 97.2 cm³/mol. The molecule has 0 unspecified atom stereocenters. The van der Waals surface area contributed by atoms with Crippen molar-refractivity contribution in [3.63, 3.8) is 0 Å². The lowest BCUT2D eigenvalue weighted by atomic mass is 10.0. The first-order chi connectivity index (χ1) is 11.7. The molecule has 3 aromatic rings. The molecule has 0 aliphatic rings. The molecule has 0 fully saturated rings. The maximum Gasteiger partial charge on any atom is 0.336 e. The van der Waals surface area contributed by atoms with Crippen LogP contribution in [0.5, 0.6) is 0 Å². The van der Waals surface area contributed by atoms with Gasteiger partial charge in [0.05, 0.1) is 6.54 Å². The van der Waals surface area contributed by atoms with Crippen LogP contribution in [0.2, 0.25) is 0 Å². The second-order valence-corrected chi connectivity index (χ2v) is 6.31. The van der Waals surface area contributed by atoms with E-state index in [0.717, 1.165) is 30.5 Å². The number of rotatable bonds is 6. The zero-order valence-electron chi connectivity index (χ0n) is 14.3. The average Bonchev–Trinajstić information content (AvgIpc) is 2.61. The van der Waals surface area contributed by atoms with Crippen LogP contribution >= 0.6 is 0 Å². The second-order valence-electron chi connectivity index (χ2n) is 6.31. The Kier molecular flexibility index (Phi) is 5.11. The monoisotopic (exact) mass is 322 g/mol. The summed E-state index contributed by atoms with van der Waals surface area (Å²) < 4.78 is 5.37. The quantitative estimate of drug-likeness (QED) is 0.708. The summed E-state index contributed by atoms with van der Waals surface area (Å²) in [5.41, 5.74) is 4.00. The number of hydrogen-bond acceptors (Lipinski definition) is 2. The van der Waals surface area contributed by atoms with Gasteiger partial charge < -0.3 is 9.73 Å². The Bertz CT molecular complexity index is 868. The van der Waals surface area contributed by atoms with E-state index in [0.29, 0.717) is 11.5 Å². The first kappa shape index (κ1) is 16.5. The molecule has 0 saturated heterocycles. The minimum atomic E-state index is -0.268. The molecule has 124 valence electrons. The van der Waals surface area contributed by atoms with E-state index in [4.69, 9.17) is 4.42 Å². The molecule has 24 heavy (non-hydrogen) atoms. The van der Waals surface area contributed by atoms with Gasteiger partial charge in [-0.2, -0.15) is 0 Å². The van der Waals surface area contributed by atoms with Crippen molar-refractivity contribution < 1.29 is 9.73 Å². The van der Waals surface area contributed by atoms with Crippen LogP contribution in [-0.2, 0) is 13.0 Å². The number of nitrogens with two attached hydrogens (primary N) is 1. The molecule has 1 heterocycles. The third kappa shape index (κ3) is 3.74. The third-order valence-electron chi connectivity index (χ3n) is 4.56. The Morgan fingerprint density at radius 1 is 1.08 bits per heavy atom. The molecule has 0 amide bonds. The number of hydrogen-bond donors (Lipinski definition) is 1. The van der Waals surface area contributed by atoms with E-state index in [-0.39, 0.29) is 5.63 Å². The van der Waals surface area contributed by atoms with Gasteiger partial charge in [0.25, 0.3) is 0 Å². The van der Waals surface area contributed by atoms with Gasteiger partial charge in [0.1, 0.15) is 12.1 Å². The Labute approximate surface area is 142 Å². The fourth-order valence-electron chi connectivity index (χ4n) is 3.07. The number of fused-ring (bicyclic) bond motifs is 1. The van der Waals surface area contributed by atoms with Crippen LogP contribution in [-0.4, -0.2) is 6.54 Å². The minimum absolute atomic E-state index is 0.268. The van der Waals surface area contributed by atoms with Crippen LogP contribution in [0.4, 0.5) is 0 Å². The largest absolute Gasteiger partial charge is 0.423 e. The topological polar surface area (TPSA) is 46.8 Å². The SMILES string of the molecule is CCc1ccc2c(C[NH2+]C[C@@H](C)c3ccccc3)cc(=O)oc2c1. The van der Waals surface area contributed by atoms with Crippen LogP contribution in [0.25, 0.3) is 11.0 Å². The lowest BCUT2D eigenvalue weighted by Crippen LogP contribution is -2.83. The fraction of sp³-hybridized carbons (Fsp3) is 0.286. The van der Waals surface area contributed by atoms with Crippen molar-refractivity contribution in [1.82, 2.24) is 0 Å². The summed E-state index contributed by atoms with van der Waals surface area (Å²) in [4.78, 5) is 11.8. The van der Waals surface area contributed by atoms with Crippen LogP contribution in [0.1, 0.15) is 36.5 Å². The summed E-state index contributed by atoms with van der Waals surface area (Å²) in [5, 5.41) is 3.30. The predicted octanol–water partition coefficient (Wildman–Crippen LogP) is 3.22. The molecule has 0 aliphatic heterocycles. The summed E-state index contributed by atoms with van der Waals surface area (Å²) in [5.74, 6) is 0.476. The van der Waals surface area contributed by atoms with Gasteiger partial charge in [-0.1, -0.05) is 56.3 Å². The number of aryl methyl sites for hydroxylation is 1. The minimum Gasteiger partial charge on any atom is -0.423 e. The lowest BCUT2D eigenvalue weighted by molar-refractivity contribution is -0.672. The molecule has 2 aromatic carbocycles. The molecule has 0 spiro atoms. The molecule has 2 N–H and O–H groups in total. The van der Waals surface area contributed by atoms with Gasteiger partial charge in [0, 0.05) is 22.9 Å². The highest BCUT2D eigenvalue weighted by molar-refractivity contribution is 5.80. The van der Waals surface area contributed by atoms with Gasteiger partial charge in [0.2, 0.25) is 0 Å². The number of benzene rings is 2. The van der Waals surface area contributed by atoms with Crippen LogP contribution in [0.3, 0.4) is 0 Å². The zero-order valence-corrected chi connectivity index (χ0v) is 14.3. The second kappa shape index (κ2) is 7.45. The first-order valence-electron chi connectivity index (χ1n) is 8.59. The number of quaternary nitrogens is 1. The van der Waals surface area contributed by atoms with E-state index < -0.39 is 0 Å². The smallest absolute Gasteiger partial charge is 0.336 e. The van der Waals surface area contributed by atoms with Crippen molar-refractivity contribution in [2.75, 3.05) is 6.54 Å². The fourth-order valence-corrected chi connectivity index (χ4v) is 3.07. The Balaban J connectivity index is 1.74. The summed E-state index contributed by atoms with van der Waals surface area (Å²) in [6, 6.07) is 18.3. The van der Waals surface area contributed by atoms with E-state index in [1.54, 1.807) is 6.07 Å². The first-order valence-corrected chi connectivity index (χ1v) is 8.59. The maximum atomic E-state index is 11.8. The normalized spacial score (nSPS) is 12.4. The molecule has 3 heteroatoms. The molecule has 0 radical (unpaired) electrons. The van der Waals surface area contributed by atoms with Gasteiger partial charge in [-0.25, -0.2) is 4.79 Å². The van der Waals surface area contributed by atoms with Crippen molar-refractivity contribution >= 4 is 11.0 Å². The summed E-state index contributed by atoms with van der Waals surface area (Å²) in [6.45, 7) is 6.10. The molecule has 1 atom stereocenters. The molecular weight excluding hydrogens is 298 g/mol. The molecule has 3 rings (SSSR count). The van der Waals surface area contributed by atoms with Gasteiger partial charge in [-0.15, -0.1) is 0 Å². The van der Waals surface area contributed by atoms with Crippen molar-refractivity contribution in [1.29, 1.82) is 0 Å². The van der Waals surface area contributed by atoms with E-state index >= 15 is 0 Å². The van der Waals surface area contributed by atoms with Gasteiger partial charge in [-0.3, -0.25) is 0 Å². The van der Waals surface area contributed by atoms with Crippen LogP contribution in [0, 0.1) is 0 Å². The highest BCUT2D eigenvalue weighted by Gasteiger charge is 2.10. The lowest BCUT2D eigenvalue weighted by Gasteiger charge is -2.11. The summed E-state index contributed by atoms with van der Waals surface area (Å²) in [6.07, 6.45) is 0.935. The molecular formula is C21H24NO2+. The van der Waals surface area contributed by atoms with Crippen molar-refractivity contribution in [2.24, 2.45) is 0 Å². The average molecular weight is 322 g/mol. The Morgan fingerprint density at radius 3 is 2.62 bits per heavy atom. The highest BCUT2D eigenvalue weighted by Crippen LogP contribution is 2.18. The maximum absolute atomic E-state index is 11.8. The molecule has 0 bridgehead atoms. The summed E-state index contributed by atoms with van der Waals surface area (Å²) in [7, 11) is 0. The van der Waals surface area contributed by atoms with E-state index in [9.17, 15) is 4.79 Å². The van der Waals surface area contributed by atoms with Crippen molar-refractivity contribution in [2.45, 2.75) is 32.7 Å². The van der Waals surface area contributed by atoms with E-state index in [1.165, 1.54) is 11.1 Å². The van der Waals surface area contributed by atoms with Gasteiger partial charge in [0.15, 0.2) is 0 Å². The standard InChI is InChI=1S/C21H23NO2/c1-3-16-9-10-19-18(12-21(23)24-20(19)11-16)14-22-13-15(2)17-7-5-4-6-8-17/h4-12,15,22H,3,13-14H2,1-2H3/p+1/t15-/m1/s1. The van der Waals surface area contributed by atoms with Crippen LogP contribution in [0.15, 0.2) is 63.8 Å². The molecule has 0 saturated carbocycles. The zero-order chi connectivity index (χ0) is 16.9. The Hall–Kier alpha value is -2.39. The molecule has 0 aliphatic carbocycles. The van der Waals surface area contributed by atoms with Gasteiger partial charge in [-0.05, 0) is 23.6 Å². The van der Waals surface area contributed by atoms with Crippen molar-refractivity contribution in [3.05, 3.63) is 81.7 Å². The van der Waals surface area contributed by atoms with Crippen LogP contribution < -0.4 is 10.9 Å².